The summed E-state index contributed by atoms with van der Waals surface area (Å²) in [5.41, 5.74) is -0.766. The maximum absolute atomic E-state index is 12.7. The highest BCUT2D eigenvalue weighted by Gasteiger charge is 2.33. The van der Waals surface area contributed by atoms with Gasteiger partial charge in [-0.05, 0) is 25.1 Å². The Morgan fingerprint density at radius 1 is 1.48 bits per heavy atom. The number of ether oxygens (including phenoxy) is 1. The third kappa shape index (κ3) is 3.77. The number of alkyl halides is 4. The van der Waals surface area contributed by atoms with Gasteiger partial charge in [0.05, 0.1) is 24.3 Å². The van der Waals surface area contributed by atoms with Crippen molar-refractivity contribution in [1.29, 1.82) is 0 Å². The first-order valence-electron chi connectivity index (χ1n) is 6.48. The Kier molecular flexibility index (Phi) is 4.93. The van der Waals surface area contributed by atoms with Gasteiger partial charge in [0.15, 0.2) is 0 Å². The third-order valence-corrected chi connectivity index (χ3v) is 4.10. The van der Waals surface area contributed by atoms with Gasteiger partial charge < -0.3 is 9.64 Å². The minimum atomic E-state index is -4.45. The maximum atomic E-state index is 12.7. The van der Waals surface area contributed by atoms with Crippen LogP contribution in [0.5, 0.6) is 0 Å². The molecular formula is C14H15BrF3NO2. The number of halogens is 4. The highest BCUT2D eigenvalue weighted by atomic mass is 79.9. The van der Waals surface area contributed by atoms with Crippen molar-refractivity contribution in [3.63, 3.8) is 0 Å². The summed E-state index contributed by atoms with van der Waals surface area (Å²) < 4.78 is 43.7. The molecule has 1 aromatic carbocycles. The van der Waals surface area contributed by atoms with E-state index in [0.29, 0.717) is 18.5 Å². The third-order valence-electron chi connectivity index (χ3n) is 3.38. The van der Waals surface area contributed by atoms with Crippen LogP contribution >= 0.6 is 15.9 Å². The highest BCUT2D eigenvalue weighted by molar-refractivity contribution is 9.09. The Bertz CT molecular complexity index is 521. The number of hydrogen-bond acceptors (Lipinski definition) is 2. The fraction of sp³-hybridized carbons (Fsp3) is 0.500. The van der Waals surface area contributed by atoms with Crippen LogP contribution in [0.1, 0.15) is 22.8 Å². The van der Waals surface area contributed by atoms with Gasteiger partial charge in [-0.25, -0.2) is 0 Å². The number of amides is 1. The summed E-state index contributed by atoms with van der Waals surface area (Å²) in [5, 5.41) is 0.575. The lowest BCUT2D eigenvalue weighted by atomic mass is 10.1. The molecular weight excluding hydrogens is 351 g/mol. The molecule has 2 unspecified atom stereocenters. The number of rotatable bonds is 2. The largest absolute Gasteiger partial charge is 0.416 e. The summed E-state index contributed by atoms with van der Waals surface area (Å²) in [6.07, 6.45) is -4.60. The SMILES string of the molecule is CC1COC(CBr)CN1C(=O)c1cccc(C(F)(F)F)c1. The molecule has 0 aliphatic carbocycles. The lowest BCUT2D eigenvalue weighted by Gasteiger charge is -2.37. The summed E-state index contributed by atoms with van der Waals surface area (Å²) in [6, 6.07) is 4.35. The van der Waals surface area contributed by atoms with Crippen LogP contribution in [-0.2, 0) is 10.9 Å². The number of morpholine rings is 1. The van der Waals surface area contributed by atoms with Crippen molar-refractivity contribution in [1.82, 2.24) is 4.90 Å². The van der Waals surface area contributed by atoms with Gasteiger partial charge in [0, 0.05) is 17.4 Å². The molecule has 2 atom stereocenters. The van der Waals surface area contributed by atoms with E-state index in [0.717, 1.165) is 12.1 Å². The Morgan fingerprint density at radius 2 is 2.19 bits per heavy atom. The quantitative estimate of drug-likeness (QED) is 0.752. The summed E-state index contributed by atoms with van der Waals surface area (Å²) in [7, 11) is 0. The van der Waals surface area contributed by atoms with E-state index in [2.05, 4.69) is 15.9 Å². The van der Waals surface area contributed by atoms with E-state index in [9.17, 15) is 18.0 Å². The number of hydrogen-bond donors (Lipinski definition) is 0. The topological polar surface area (TPSA) is 29.5 Å². The van der Waals surface area contributed by atoms with E-state index >= 15 is 0 Å². The van der Waals surface area contributed by atoms with Crippen molar-refractivity contribution in [2.24, 2.45) is 0 Å². The van der Waals surface area contributed by atoms with Crippen LogP contribution in [0.4, 0.5) is 13.2 Å². The average Bonchev–Trinajstić information content (AvgIpc) is 2.46. The van der Waals surface area contributed by atoms with Crippen molar-refractivity contribution in [3.8, 4) is 0 Å². The van der Waals surface area contributed by atoms with Crippen LogP contribution in [0.3, 0.4) is 0 Å². The molecule has 116 valence electrons. The fourth-order valence-electron chi connectivity index (χ4n) is 2.19. The summed E-state index contributed by atoms with van der Waals surface area (Å²) >= 11 is 3.29. The summed E-state index contributed by atoms with van der Waals surface area (Å²) in [5.74, 6) is -0.400. The molecule has 1 saturated heterocycles. The molecule has 1 amide bonds. The van der Waals surface area contributed by atoms with Crippen LogP contribution in [0.15, 0.2) is 24.3 Å². The number of nitrogens with zero attached hydrogens (tertiary/aromatic N) is 1. The van der Waals surface area contributed by atoms with Gasteiger partial charge in [-0.15, -0.1) is 0 Å². The monoisotopic (exact) mass is 365 g/mol. The van der Waals surface area contributed by atoms with Crippen molar-refractivity contribution < 1.29 is 22.7 Å². The second kappa shape index (κ2) is 6.36. The van der Waals surface area contributed by atoms with E-state index in [-0.39, 0.29) is 17.7 Å². The maximum Gasteiger partial charge on any atom is 0.416 e. The van der Waals surface area contributed by atoms with Crippen molar-refractivity contribution in [2.75, 3.05) is 18.5 Å². The van der Waals surface area contributed by atoms with Crippen molar-refractivity contribution in [3.05, 3.63) is 35.4 Å². The number of carbonyl (C=O) groups excluding carboxylic acids is 1. The van der Waals surface area contributed by atoms with Crippen LogP contribution in [0.2, 0.25) is 0 Å². The van der Waals surface area contributed by atoms with Crippen molar-refractivity contribution in [2.45, 2.75) is 25.2 Å². The van der Waals surface area contributed by atoms with Gasteiger partial charge >= 0.3 is 6.18 Å². The molecule has 7 heteroatoms. The predicted octanol–water partition coefficient (Wildman–Crippen LogP) is 3.33. The molecule has 1 heterocycles. The molecule has 1 aliphatic rings. The lowest BCUT2D eigenvalue weighted by molar-refractivity contribution is -0.137. The van der Waals surface area contributed by atoms with Crippen LogP contribution in [-0.4, -0.2) is 41.4 Å². The minimum absolute atomic E-state index is 0.0481. The van der Waals surface area contributed by atoms with E-state index in [1.807, 2.05) is 6.92 Å². The zero-order chi connectivity index (χ0) is 15.6. The average molecular weight is 366 g/mol. The molecule has 1 aliphatic heterocycles. The van der Waals surface area contributed by atoms with Gasteiger partial charge in [0.25, 0.3) is 5.91 Å². The smallest absolute Gasteiger partial charge is 0.373 e. The number of benzene rings is 1. The fourth-order valence-corrected chi connectivity index (χ4v) is 2.58. The van der Waals surface area contributed by atoms with Crippen LogP contribution in [0.25, 0.3) is 0 Å². The molecule has 0 N–H and O–H groups in total. The van der Waals surface area contributed by atoms with Gasteiger partial charge in [0.2, 0.25) is 0 Å². The molecule has 1 aromatic rings. The van der Waals surface area contributed by atoms with Gasteiger partial charge in [-0.1, -0.05) is 22.0 Å². The minimum Gasteiger partial charge on any atom is -0.373 e. The standard InChI is InChI=1S/C14H15BrF3NO2/c1-9-8-21-12(6-15)7-19(9)13(20)10-3-2-4-11(5-10)14(16,17)18/h2-5,9,12H,6-8H2,1H3. The van der Waals surface area contributed by atoms with E-state index in [1.54, 1.807) is 4.90 Å². The summed E-state index contributed by atoms with van der Waals surface area (Å²) in [6.45, 7) is 2.55. The molecule has 0 aromatic heterocycles. The molecule has 3 nitrogen and oxygen atoms in total. The Labute approximate surface area is 129 Å². The van der Waals surface area contributed by atoms with Crippen molar-refractivity contribution >= 4 is 21.8 Å². The van der Waals surface area contributed by atoms with Crippen LogP contribution < -0.4 is 0 Å². The number of carbonyl (C=O) groups is 1. The zero-order valence-corrected chi connectivity index (χ0v) is 12.9. The molecule has 0 spiro atoms. The van der Waals surface area contributed by atoms with E-state index in [4.69, 9.17) is 4.74 Å². The molecule has 21 heavy (non-hydrogen) atoms. The lowest BCUT2D eigenvalue weighted by Crippen LogP contribution is -2.51. The normalized spacial score (nSPS) is 23.2. The van der Waals surface area contributed by atoms with Gasteiger partial charge in [-0.3, -0.25) is 4.79 Å². The Balaban J connectivity index is 2.23. The second-order valence-corrected chi connectivity index (χ2v) is 5.64. The van der Waals surface area contributed by atoms with Gasteiger partial charge in [0.1, 0.15) is 0 Å². The predicted molar refractivity (Wildman–Crippen MR) is 75.5 cm³/mol. The molecule has 0 bridgehead atoms. The first kappa shape index (κ1) is 16.3. The van der Waals surface area contributed by atoms with E-state index < -0.39 is 17.6 Å². The Morgan fingerprint density at radius 3 is 2.81 bits per heavy atom. The van der Waals surface area contributed by atoms with Crippen LogP contribution in [0, 0.1) is 0 Å². The first-order valence-corrected chi connectivity index (χ1v) is 7.61. The van der Waals surface area contributed by atoms with Gasteiger partial charge in [-0.2, -0.15) is 13.2 Å². The molecule has 1 fully saturated rings. The first-order chi connectivity index (χ1) is 9.82. The highest BCUT2D eigenvalue weighted by Crippen LogP contribution is 2.30. The zero-order valence-electron chi connectivity index (χ0n) is 11.4. The summed E-state index contributed by atoms with van der Waals surface area (Å²) in [4.78, 5) is 14.0. The molecule has 0 saturated carbocycles. The molecule has 2 rings (SSSR count). The second-order valence-electron chi connectivity index (χ2n) is 4.99. The molecule has 0 radical (unpaired) electrons. The Hall–Kier alpha value is -1.08. The van der Waals surface area contributed by atoms with E-state index in [1.165, 1.54) is 12.1 Å².